The molecule has 2 N–H and O–H groups in total. The van der Waals surface area contributed by atoms with E-state index in [9.17, 15) is 0 Å². The third-order valence-corrected chi connectivity index (χ3v) is 3.08. The van der Waals surface area contributed by atoms with E-state index < -0.39 is 0 Å². The van der Waals surface area contributed by atoms with Gasteiger partial charge in [0.2, 0.25) is 0 Å². The molecule has 0 aliphatic carbocycles. The van der Waals surface area contributed by atoms with Crippen LogP contribution in [0.2, 0.25) is 0 Å². The Bertz CT molecular complexity index is 401. The van der Waals surface area contributed by atoms with Gasteiger partial charge < -0.3 is 15.5 Å². The Labute approximate surface area is 89.0 Å². The summed E-state index contributed by atoms with van der Waals surface area (Å²) in [5, 5.41) is 0. The Hall–Kier alpha value is -1.55. The number of nitrogens with two attached hydrogens (primary N) is 1. The molecular formula is C11H14N4. The molecule has 2 aliphatic heterocycles. The van der Waals surface area contributed by atoms with E-state index in [4.69, 9.17) is 5.73 Å². The van der Waals surface area contributed by atoms with Crippen molar-refractivity contribution in [3.8, 4) is 0 Å². The van der Waals surface area contributed by atoms with Gasteiger partial charge in [-0.05, 0) is 11.6 Å². The van der Waals surface area contributed by atoms with Crippen molar-refractivity contribution < 1.29 is 0 Å². The van der Waals surface area contributed by atoms with Gasteiger partial charge in [0.25, 0.3) is 0 Å². The number of hydrogen-bond acceptors (Lipinski definition) is 4. The van der Waals surface area contributed by atoms with E-state index in [0.717, 1.165) is 13.0 Å². The predicted octanol–water partition coefficient (Wildman–Crippen LogP) is 0.516. The number of rotatable bonds is 2. The number of nitrogens with zero attached hydrogens (tertiary/aromatic N) is 3. The molecule has 78 valence electrons. The highest BCUT2D eigenvalue weighted by Crippen LogP contribution is 2.35. The Morgan fingerprint density at radius 3 is 3.27 bits per heavy atom. The Morgan fingerprint density at radius 1 is 1.47 bits per heavy atom. The molecule has 1 atom stereocenters. The number of fused-ring (bicyclic) bond motifs is 3. The summed E-state index contributed by atoms with van der Waals surface area (Å²) >= 11 is 0. The summed E-state index contributed by atoms with van der Waals surface area (Å²) in [6, 6.07) is 2.10. The molecule has 0 fully saturated rings. The fourth-order valence-electron chi connectivity index (χ4n) is 2.36. The second-order valence-corrected chi connectivity index (χ2v) is 3.92. The van der Waals surface area contributed by atoms with E-state index in [2.05, 4.69) is 33.3 Å². The van der Waals surface area contributed by atoms with E-state index in [1.807, 2.05) is 12.4 Å². The molecule has 0 saturated carbocycles. The van der Waals surface area contributed by atoms with Crippen LogP contribution in [0.15, 0.2) is 30.9 Å². The van der Waals surface area contributed by atoms with Crippen LogP contribution < -0.4 is 10.6 Å². The summed E-state index contributed by atoms with van der Waals surface area (Å²) in [5.41, 5.74) is 8.20. The topological polar surface area (TPSA) is 45.4 Å². The lowest BCUT2D eigenvalue weighted by Crippen LogP contribution is -2.38. The highest BCUT2D eigenvalue weighted by atomic mass is 15.4. The molecule has 1 unspecified atom stereocenters. The third kappa shape index (κ3) is 1.22. The fourth-order valence-corrected chi connectivity index (χ4v) is 2.36. The highest BCUT2D eigenvalue weighted by Gasteiger charge is 2.34. The molecule has 2 aliphatic rings. The van der Waals surface area contributed by atoms with Gasteiger partial charge in [-0.3, -0.25) is 4.98 Å². The lowest BCUT2D eigenvalue weighted by Gasteiger charge is -2.26. The van der Waals surface area contributed by atoms with Crippen LogP contribution in [-0.4, -0.2) is 29.1 Å². The first kappa shape index (κ1) is 8.73. The van der Waals surface area contributed by atoms with Crippen LogP contribution in [0.1, 0.15) is 5.56 Å². The molecule has 1 aromatic heterocycles. The molecule has 1 aromatic rings. The number of aromatic nitrogens is 1. The monoisotopic (exact) mass is 202 g/mol. The van der Waals surface area contributed by atoms with Gasteiger partial charge in [-0.1, -0.05) is 0 Å². The lowest BCUT2D eigenvalue weighted by molar-refractivity contribution is 0.315. The maximum absolute atomic E-state index is 5.59. The van der Waals surface area contributed by atoms with Gasteiger partial charge in [0.15, 0.2) is 0 Å². The van der Waals surface area contributed by atoms with Gasteiger partial charge >= 0.3 is 0 Å². The minimum Gasteiger partial charge on any atom is -0.354 e. The zero-order chi connectivity index (χ0) is 10.3. The molecule has 4 heteroatoms. The maximum Gasteiger partial charge on any atom is 0.110 e. The third-order valence-electron chi connectivity index (χ3n) is 3.08. The maximum atomic E-state index is 5.59. The van der Waals surface area contributed by atoms with Crippen molar-refractivity contribution in [2.45, 2.75) is 12.6 Å². The van der Waals surface area contributed by atoms with Crippen LogP contribution in [0.3, 0.4) is 0 Å². The molecule has 3 rings (SSSR count). The van der Waals surface area contributed by atoms with Gasteiger partial charge in [0.05, 0.1) is 11.9 Å². The largest absolute Gasteiger partial charge is 0.354 e. The van der Waals surface area contributed by atoms with Crippen molar-refractivity contribution >= 4 is 5.69 Å². The Morgan fingerprint density at radius 2 is 2.40 bits per heavy atom. The normalized spacial score (nSPS) is 22.1. The summed E-state index contributed by atoms with van der Waals surface area (Å²) in [7, 11) is 0. The van der Waals surface area contributed by atoms with Gasteiger partial charge in [-0.15, -0.1) is 0 Å². The molecule has 4 nitrogen and oxygen atoms in total. The van der Waals surface area contributed by atoms with Crippen LogP contribution in [0.4, 0.5) is 5.69 Å². The SMILES string of the molecule is NCCN1C=CN2c3cnccc3CC12. The van der Waals surface area contributed by atoms with Gasteiger partial charge in [0, 0.05) is 38.1 Å². The molecule has 0 aromatic carbocycles. The van der Waals surface area contributed by atoms with Crippen molar-refractivity contribution in [1.29, 1.82) is 0 Å². The Balaban J connectivity index is 1.91. The van der Waals surface area contributed by atoms with Gasteiger partial charge in [0.1, 0.15) is 6.17 Å². The van der Waals surface area contributed by atoms with Crippen molar-refractivity contribution in [1.82, 2.24) is 9.88 Å². The van der Waals surface area contributed by atoms with Crippen molar-refractivity contribution in [2.24, 2.45) is 5.73 Å². The first-order valence-corrected chi connectivity index (χ1v) is 5.25. The summed E-state index contributed by atoms with van der Waals surface area (Å²) in [6.45, 7) is 1.61. The second-order valence-electron chi connectivity index (χ2n) is 3.92. The molecule has 0 radical (unpaired) electrons. The first-order chi connectivity index (χ1) is 7.40. The molecule has 3 heterocycles. The summed E-state index contributed by atoms with van der Waals surface area (Å²) in [5.74, 6) is 0. The van der Waals surface area contributed by atoms with E-state index >= 15 is 0 Å². The van der Waals surface area contributed by atoms with Crippen LogP contribution in [0.5, 0.6) is 0 Å². The average Bonchev–Trinajstić information content (AvgIpc) is 2.79. The zero-order valence-corrected chi connectivity index (χ0v) is 8.50. The summed E-state index contributed by atoms with van der Waals surface area (Å²) < 4.78 is 0. The number of hydrogen-bond donors (Lipinski definition) is 1. The quantitative estimate of drug-likeness (QED) is 0.759. The van der Waals surface area contributed by atoms with Crippen LogP contribution >= 0.6 is 0 Å². The minimum atomic E-state index is 0.424. The number of pyridine rings is 1. The smallest absolute Gasteiger partial charge is 0.110 e. The standard InChI is InChI=1S/C11H14N4/c12-2-4-14-5-6-15-10-8-13-3-1-9(10)7-11(14)15/h1,3,5-6,8,11H,2,4,7,12H2. The van der Waals surface area contributed by atoms with Crippen LogP contribution in [-0.2, 0) is 6.42 Å². The van der Waals surface area contributed by atoms with Gasteiger partial charge in [-0.2, -0.15) is 0 Å². The van der Waals surface area contributed by atoms with E-state index in [-0.39, 0.29) is 0 Å². The first-order valence-electron chi connectivity index (χ1n) is 5.25. The number of anilines is 1. The molecule has 0 amide bonds. The van der Waals surface area contributed by atoms with Crippen LogP contribution in [0.25, 0.3) is 0 Å². The predicted molar refractivity (Wildman–Crippen MR) is 59.1 cm³/mol. The van der Waals surface area contributed by atoms with Crippen molar-refractivity contribution in [3.63, 3.8) is 0 Å². The second kappa shape index (κ2) is 3.24. The van der Waals surface area contributed by atoms with E-state index in [1.54, 1.807) is 0 Å². The zero-order valence-electron chi connectivity index (χ0n) is 8.50. The van der Waals surface area contributed by atoms with Gasteiger partial charge in [-0.25, -0.2) is 0 Å². The van der Waals surface area contributed by atoms with Crippen molar-refractivity contribution in [2.75, 3.05) is 18.0 Å². The molecule has 0 saturated heterocycles. The van der Waals surface area contributed by atoms with Crippen LogP contribution in [0, 0.1) is 0 Å². The van der Waals surface area contributed by atoms with E-state index in [1.165, 1.54) is 11.3 Å². The fraction of sp³-hybridized carbons (Fsp3) is 0.364. The average molecular weight is 202 g/mol. The Kier molecular flexibility index (Phi) is 1.89. The highest BCUT2D eigenvalue weighted by molar-refractivity contribution is 5.61. The molecule has 0 spiro atoms. The van der Waals surface area contributed by atoms with E-state index in [0.29, 0.717) is 12.7 Å². The molecular weight excluding hydrogens is 188 g/mol. The van der Waals surface area contributed by atoms with Crippen molar-refractivity contribution in [3.05, 3.63) is 36.4 Å². The molecule has 0 bridgehead atoms. The minimum absolute atomic E-state index is 0.424. The molecule has 15 heavy (non-hydrogen) atoms. The summed E-state index contributed by atoms with van der Waals surface area (Å²) in [6.07, 6.45) is 9.52. The lowest BCUT2D eigenvalue weighted by atomic mass is 10.2. The summed E-state index contributed by atoms with van der Waals surface area (Å²) in [4.78, 5) is 8.74.